The summed E-state index contributed by atoms with van der Waals surface area (Å²) >= 11 is 0. The van der Waals surface area contributed by atoms with E-state index in [4.69, 9.17) is 5.11 Å². The highest BCUT2D eigenvalue weighted by Crippen LogP contribution is 2.25. The summed E-state index contributed by atoms with van der Waals surface area (Å²) in [6, 6.07) is 8.37. The van der Waals surface area contributed by atoms with Gasteiger partial charge in [-0.2, -0.15) is 0 Å². The number of aryl methyl sites for hydroxylation is 2. The monoisotopic (exact) mass is 274 g/mol. The summed E-state index contributed by atoms with van der Waals surface area (Å²) in [7, 11) is 2.08. The summed E-state index contributed by atoms with van der Waals surface area (Å²) in [5, 5.41) is 10.1. The molecule has 4 heteroatoms. The van der Waals surface area contributed by atoms with Crippen LogP contribution in [0.4, 0.5) is 0 Å². The van der Waals surface area contributed by atoms with Crippen LogP contribution in [0.1, 0.15) is 24.6 Å². The first-order chi connectivity index (χ1) is 9.54. The van der Waals surface area contributed by atoms with Gasteiger partial charge in [0.25, 0.3) is 0 Å². The van der Waals surface area contributed by atoms with Crippen LogP contribution in [0, 0.1) is 6.92 Å². The van der Waals surface area contributed by atoms with Gasteiger partial charge in [0.1, 0.15) is 0 Å². The highest BCUT2D eigenvalue weighted by Gasteiger charge is 2.14. The smallest absolute Gasteiger partial charge is 0.304 e. The molecule has 0 aliphatic heterocycles. The number of fused-ring (bicyclic) bond motifs is 1. The van der Waals surface area contributed by atoms with Crippen LogP contribution >= 0.6 is 0 Å². The molecule has 0 fully saturated rings. The van der Waals surface area contributed by atoms with Gasteiger partial charge in [0, 0.05) is 36.7 Å². The Labute approximate surface area is 119 Å². The number of carboxylic acid groups (broad SMARTS) is 1. The summed E-state index contributed by atoms with van der Waals surface area (Å²) in [5.74, 6) is -0.739. The van der Waals surface area contributed by atoms with Crippen molar-refractivity contribution >= 4 is 16.9 Å². The van der Waals surface area contributed by atoms with Gasteiger partial charge in [0.2, 0.25) is 0 Å². The standard InChI is InChI=1S/C16H22N2O2/c1-4-18(10-9-16(19)20)11-15-12(2)13-7-5-6-8-14(13)17(15)3/h5-8H,4,9-11H2,1-3H3,(H,19,20). The topological polar surface area (TPSA) is 45.5 Å². The van der Waals surface area contributed by atoms with Gasteiger partial charge in [-0.25, -0.2) is 0 Å². The van der Waals surface area contributed by atoms with Crippen LogP contribution in [0.25, 0.3) is 10.9 Å². The number of benzene rings is 1. The number of rotatable bonds is 6. The molecule has 1 aromatic heterocycles. The molecule has 0 saturated heterocycles. The minimum absolute atomic E-state index is 0.191. The summed E-state index contributed by atoms with van der Waals surface area (Å²) in [5.41, 5.74) is 3.78. The fraction of sp³-hybridized carbons (Fsp3) is 0.438. The summed E-state index contributed by atoms with van der Waals surface area (Å²) in [4.78, 5) is 12.9. The van der Waals surface area contributed by atoms with E-state index in [1.165, 1.54) is 22.2 Å². The van der Waals surface area contributed by atoms with Crippen molar-refractivity contribution in [3.8, 4) is 0 Å². The molecule has 2 aromatic rings. The van der Waals surface area contributed by atoms with Crippen LogP contribution in [0.3, 0.4) is 0 Å². The summed E-state index contributed by atoms with van der Waals surface area (Å²) in [6.07, 6.45) is 0.191. The molecular formula is C16H22N2O2. The number of carbonyl (C=O) groups is 1. The Bertz CT molecular complexity index is 577. The lowest BCUT2D eigenvalue weighted by Gasteiger charge is -2.20. The van der Waals surface area contributed by atoms with Gasteiger partial charge < -0.3 is 9.67 Å². The second-order valence-electron chi connectivity index (χ2n) is 5.16. The molecular weight excluding hydrogens is 252 g/mol. The van der Waals surface area contributed by atoms with Gasteiger partial charge in [0.05, 0.1) is 6.42 Å². The first-order valence-corrected chi connectivity index (χ1v) is 7.01. The van der Waals surface area contributed by atoms with Crippen LogP contribution in [-0.2, 0) is 18.4 Å². The molecule has 1 N–H and O–H groups in total. The van der Waals surface area contributed by atoms with Crippen molar-refractivity contribution < 1.29 is 9.90 Å². The molecule has 0 saturated carbocycles. The second kappa shape index (κ2) is 6.09. The Morgan fingerprint density at radius 3 is 2.65 bits per heavy atom. The lowest BCUT2D eigenvalue weighted by Crippen LogP contribution is -2.27. The van der Waals surface area contributed by atoms with Gasteiger partial charge in [0.15, 0.2) is 0 Å². The van der Waals surface area contributed by atoms with E-state index >= 15 is 0 Å². The molecule has 108 valence electrons. The normalized spacial score (nSPS) is 11.4. The zero-order chi connectivity index (χ0) is 14.7. The number of hydrogen-bond acceptors (Lipinski definition) is 2. The molecule has 1 heterocycles. The average molecular weight is 274 g/mol. The maximum Gasteiger partial charge on any atom is 0.304 e. The quantitative estimate of drug-likeness (QED) is 0.881. The molecule has 0 bridgehead atoms. The lowest BCUT2D eigenvalue weighted by atomic mass is 10.1. The van der Waals surface area contributed by atoms with Crippen LogP contribution in [0.2, 0.25) is 0 Å². The minimum atomic E-state index is -0.739. The Morgan fingerprint density at radius 1 is 1.35 bits per heavy atom. The number of aliphatic carboxylic acids is 1. The predicted molar refractivity (Wildman–Crippen MR) is 80.9 cm³/mol. The van der Waals surface area contributed by atoms with Crippen molar-refractivity contribution in [2.45, 2.75) is 26.8 Å². The maximum absolute atomic E-state index is 10.7. The largest absolute Gasteiger partial charge is 0.481 e. The van der Waals surface area contributed by atoms with Crippen molar-refractivity contribution in [2.75, 3.05) is 13.1 Å². The predicted octanol–water partition coefficient (Wildman–Crippen LogP) is 2.78. The van der Waals surface area contributed by atoms with E-state index < -0.39 is 5.97 Å². The highest BCUT2D eigenvalue weighted by atomic mass is 16.4. The molecule has 20 heavy (non-hydrogen) atoms. The highest BCUT2D eigenvalue weighted by molar-refractivity contribution is 5.85. The third-order valence-corrected chi connectivity index (χ3v) is 3.97. The molecule has 0 aliphatic carbocycles. The average Bonchev–Trinajstić information content (AvgIpc) is 2.68. The van der Waals surface area contributed by atoms with E-state index in [0.29, 0.717) is 6.54 Å². The van der Waals surface area contributed by atoms with Gasteiger partial charge in [-0.1, -0.05) is 25.1 Å². The molecule has 0 amide bonds. The Hall–Kier alpha value is -1.81. The Morgan fingerprint density at radius 2 is 2.05 bits per heavy atom. The fourth-order valence-electron chi connectivity index (χ4n) is 2.67. The maximum atomic E-state index is 10.7. The fourth-order valence-corrected chi connectivity index (χ4v) is 2.67. The van der Waals surface area contributed by atoms with Crippen molar-refractivity contribution in [3.05, 3.63) is 35.5 Å². The van der Waals surface area contributed by atoms with Crippen molar-refractivity contribution in [1.29, 1.82) is 0 Å². The van der Waals surface area contributed by atoms with Crippen molar-refractivity contribution in [3.63, 3.8) is 0 Å². The number of hydrogen-bond donors (Lipinski definition) is 1. The first kappa shape index (κ1) is 14.6. The van der Waals surface area contributed by atoms with Gasteiger partial charge in [-0.05, 0) is 25.1 Å². The van der Waals surface area contributed by atoms with E-state index in [-0.39, 0.29) is 6.42 Å². The third kappa shape index (κ3) is 2.85. The summed E-state index contributed by atoms with van der Waals surface area (Å²) in [6.45, 7) is 6.45. The van der Waals surface area contributed by atoms with Crippen LogP contribution in [-0.4, -0.2) is 33.6 Å². The molecule has 0 atom stereocenters. The van der Waals surface area contributed by atoms with Gasteiger partial charge >= 0.3 is 5.97 Å². The number of para-hydroxylation sites is 1. The number of nitrogens with zero attached hydrogens (tertiary/aromatic N) is 2. The Balaban J connectivity index is 2.26. The van der Waals surface area contributed by atoms with E-state index in [1.807, 2.05) is 6.07 Å². The number of carboxylic acids is 1. The molecule has 0 aliphatic rings. The minimum Gasteiger partial charge on any atom is -0.481 e. The van der Waals surface area contributed by atoms with Crippen molar-refractivity contribution in [2.24, 2.45) is 7.05 Å². The Kier molecular flexibility index (Phi) is 4.45. The van der Waals surface area contributed by atoms with Crippen LogP contribution in [0.15, 0.2) is 24.3 Å². The summed E-state index contributed by atoms with van der Waals surface area (Å²) < 4.78 is 2.22. The molecule has 0 spiro atoms. The zero-order valence-corrected chi connectivity index (χ0v) is 12.4. The second-order valence-corrected chi connectivity index (χ2v) is 5.16. The lowest BCUT2D eigenvalue weighted by molar-refractivity contribution is -0.137. The number of aromatic nitrogens is 1. The van der Waals surface area contributed by atoms with E-state index in [0.717, 1.165) is 13.1 Å². The van der Waals surface area contributed by atoms with Gasteiger partial charge in [-0.3, -0.25) is 9.69 Å². The molecule has 1 aromatic carbocycles. The van der Waals surface area contributed by atoms with Crippen LogP contribution < -0.4 is 0 Å². The third-order valence-electron chi connectivity index (χ3n) is 3.97. The van der Waals surface area contributed by atoms with E-state index in [9.17, 15) is 4.79 Å². The molecule has 2 rings (SSSR count). The van der Waals surface area contributed by atoms with Crippen molar-refractivity contribution in [1.82, 2.24) is 9.47 Å². The molecule has 0 radical (unpaired) electrons. The van der Waals surface area contributed by atoms with Crippen LogP contribution in [0.5, 0.6) is 0 Å². The van der Waals surface area contributed by atoms with Gasteiger partial charge in [-0.15, -0.1) is 0 Å². The SMILES string of the molecule is CCN(CCC(=O)O)Cc1c(C)c2ccccc2n1C. The molecule has 4 nitrogen and oxygen atoms in total. The molecule has 0 unspecified atom stereocenters. The first-order valence-electron chi connectivity index (χ1n) is 7.01. The zero-order valence-electron chi connectivity index (χ0n) is 12.4. The van der Waals surface area contributed by atoms with E-state index in [1.54, 1.807) is 0 Å². The van der Waals surface area contributed by atoms with E-state index in [2.05, 4.69) is 48.6 Å².